The van der Waals surface area contributed by atoms with E-state index in [4.69, 9.17) is 4.74 Å². The van der Waals surface area contributed by atoms with E-state index in [1.165, 1.54) is 30.3 Å². The fourth-order valence-electron chi connectivity index (χ4n) is 2.28. The first-order chi connectivity index (χ1) is 10.0. The molecule has 0 radical (unpaired) electrons. The third-order valence-electron chi connectivity index (χ3n) is 3.24. The monoisotopic (exact) mass is 311 g/mol. The number of carbonyl (C=O) groups is 3. The van der Waals surface area contributed by atoms with Crippen LogP contribution in [0.2, 0.25) is 0 Å². The number of piperidine rings is 1. The summed E-state index contributed by atoms with van der Waals surface area (Å²) in [4.78, 5) is 40.8. The quantitative estimate of drug-likeness (QED) is 0.849. The molecule has 1 aliphatic rings. The van der Waals surface area contributed by atoms with Crippen LogP contribution in [-0.4, -0.2) is 47.4 Å². The molecule has 8 heteroatoms. The number of hydrogen-bond acceptors (Lipinski definition) is 6. The van der Waals surface area contributed by atoms with Crippen molar-refractivity contribution in [2.45, 2.75) is 32.2 Å². The Hall–Kier alpha value is -1.96. The lowest BCUT2D eigenvalue weighted by Gasteiger charge is -2.33. The van der Waals surface area contributed by atoms with Crippen molar-refractivity contribution in [1.29, 1.82) is 0 Å². The number of nitrogens with one attached hydrogen (secondary N) is 1. The van der Waals surface area contributed by atoms with Gasteiger partial charge < -0.3 is 15.0 Å². The lowest BCUT2D eigenvalue weighted by Crippen LogP contribution is -2.48. The molecule has 1 saturated heterocycles. The number of carbonyl (C=O) groups excluding carboxylic acids is 3. The Labute approximate surface area is 126 Å². The summed E-state index contributed by atoms with van der Waals surface area (Å²) in [6.45, 7) is 1.88. The highest BCUT2D eigenvalue weighted by Crippen LogP contribution is 2.23. The van der Waals surface area contributed by atoms with Gasteiger partial charge in [-0.3, -0.25) is 9.59 Å². The molecule has 1 aromatic heterocycles. The predicted octanol–water partition coefficient (Wildman–Crippen LogP) is 1.27. The molecule has 1 aromatic rings. The molecule has 114 valence electrons. The first kappa shape index (κ1) is 15.4. The van der Waals surface area contributed by atoms with Crippen LogP contribution in [0.4, 0.5) is 5.13 Å². The van der Waals surface area contributed by atoms with Gasteiger partial charge in [0.2, 0.25) is 5.91 Å². The first-order valence-electron chi connectivity index (χ1n) is 6.65. The van der Waals surface area contributed by atoms with Gasteiger partial charge in [-0.2, -0.15) is 0 Å². The molecule has 2 amide bonds. The second-order valence-electron chi connectivity index (χ2n) is 4.75. The lowest BCUT2D eigenvalue weighted by molar-refractivity contribution is -0.147. The highest BCUT2D eigenvalue weighted by molar-refractivity contribution is 7.14. The summed E-state index contributed by atoms with van der Waals surface area (Å²) in [7, 11) is 1.32. The van der Waals surface area contributed by atoms with E-state index in [-0.39, 0.29) is 17.5 Å². The van der Waals surface area contributed by atoms with E-state index in [2.05, 4.69) is 10.3 Å². The van der Waals surface area contributed by atoms with Crippen LogP contribution in [0.3, 0.4) is 0 Å². The minimum Gasteiger partial charge on any atom is -0.467 e. The fraction of sp³-hybridized carbons (Fsp3) is 0.538. The van der Waals surface area contributed by atoms with Gasteiger partial charge in [0.15, 0.2) is 5.13 Å². The molecule has 21 heavy (non-hydrogen) atoms. The Bertz CT molecular complexity index is 557. The van der Waals surface area contributed by atoms with Crippen LogP contribution in [0.25, 0.3) is 0 Å². The summed E-state index contributed by atoms with van der Waals surface area (Å²) < 4.78 is 4.76. The number of nitrogens with zero attached hydrogens (tertiary/aromatic N) is 2. The first-order valence-corrected chi connectivity index (χ1v) is 7.53. The molecule has 0 aromatic carbocycles. The molecular weight excluding hydrogens is 294 g/mol. The van der Waals surface area contributed by atoms with Crippen LogP contribution in [-0.2, 0) is 14.3 Å². The number of methoxy groups -OCH3 is 1. The van der Waals surface area contributed by atoms with Crippen molar-refractivity contribution in [3.8, 4) is 0 Å². The maximum absolute atomic E-state index is 12.5. The Morgan fingerprint density at radius 2 is 2.19 bits per heavy atom. The summed E-state index contributed by atoms with van der Waals surface area (Å²) in [6, 6.07) is -0.554. The number of amides is 2. The minimum absolute atomic E-state index is 0.236. The summed E-state index contributed by atoms with van der Waals surface area (Å²) >= 11 is 1.18. The van der Waals surface area contributed by atoms with E-state index in [0.717, 1.165) is 12.8 Å². The van der Waals surface area contributed by atoms with Crippen LogP contribution in [0.1, 0.15) is 36.7 Å². The maximum Gasteiger partial charge on any atom is 0.328 e. The number of likely N-dealkylation sites (tertiary alicyclic amines) is 1. The Kier molecular flexibility index (Phi) is 4.89. The molecular formula is C13H17N3O4S. The zero-order chi connectivity index (χ0) is 15.4. The van der Waals surface area contributed by atoms with Crippen LogP contribution in [0.15, 0.2) is 5.38 Å². The van der Waals surface area contributed by atoms with Crippen LogP contribution >= 0.6 is 11.3 Å². The van der Waals surface area contributed by atoms with Crippen LogP contribution in [0, 0.1) is 0 Å². The largest absolute Gasteiger partial charge is 0.467 e. The van der Waals surface area contributed by atoms with E-state index < -0.39 is 12.0 Å². The number of anilines is 1. The molecule has 2 heterocycles. The van der Waals surface area contributed by atoms with Gasteiger partial charge in [-0.25, -0.2) is 9.78 Å². The topological polar surface area (TPSA) is 88.6 Å². The second-order valence-corrected chi connectivity index (χ2v) is 5.61. The maximum atomic E-state index is 12.5. The number of rotatable bonds is 3. The normalized spacial score (nSPS) is 18.2. The Morgan fingerprint density at radius 3 is 2.86 bits per heavy atom. The van der Waals surface area contributed by atoms with Crippen molar-refractivity contribution < 1.29 is 19.1 Å². The van der Waals surface area contributed by atoms with Crippen molar-refractivity contribution in [3.63, 3.8) is 0 Å². The molecule has 7 nitrogen and oxygen atoms in total. The zero-order valence-electron chi connectivity index (χ0n) is 11.9. The van der Waals surface area contributed by atoms with Gasteiger partial charge in [0.25, 0.3) is 5.91 Å². The molecule has 2 rings (SSSR count). The van der Waals surface area contributed by atoms with Gasteiger partial charge >= 0.3 is 5.97 Å². The van der Waals surface area contributed by atoms with E-state index in [0.29, 0.717) is 18.1 Å². The summed E-state index contributed by atoms with van der Waals surface area (Å²) in [6.07, 6.45) is 2.33. The summed E-state index contributed by atoms with van der Waals surface area (Å²) in [5, 5.41) is 4.49. The van der Waals surface area contributed by atoms with Crippen molar-refractivity contribution in [2.75, 3.05) is 19.0 Å². The molecule has 0 saturated carbocycles. The van der Waals surface area contributed by atoms with Gasteiger partial charge in [-0.05, 0) is 19.3 Å². The Morgan fingerprint density at radius 1 is 1.43 bits per heavy atom. The summed E-state index contributed by atoms with van der Waals surface area (Å²) in [5.74, 6) is -0.952. The average Bonchev–Trinajstić information content (AvgIpc) is 2.93. The number of ether oxygens (including phenoxy) is 1. The highest BCUT2D eigenvalue weighted by atomic mass is 32.1. The molecule has 0 spiro atoms. The average molecular weight is 311 g/mol. The van der Waals surface area contributed by atoms with E-state index in [1.807, 2.05) is 0 Å². The van der Waals surface area contributed by atoms with E-state index >= 15 is 0 Å². The van der Waals surface area contributed by atoms with E-state index in [1.54, 1.807) is 5.38 Å². The SMILES string of the molecule is COC(=O)[C@H]1CCCCN1C(=O)c1csc(NC(C)=O)n1. The molecule has 1 aliphatic heterocycles. The van der Waals surface area contributed by atoms with E-state index in [9.17, 15) is 14.4 Å². The molecule has 1 N–H and O–H groups in total. The molecule has 1 fully saturated rings. The van der Waals surface area contributed by atoms with Gasteiger partial charge in [0.1, 0.15) is 11.7 Å². The van der Waals surface area contributed by atoms with Gasteiger partial charge in [0.05, 0.1) is 7.11 Å². The fourth-order valence-corrected chi connectivity index (χ4v) is 3.01. The lowest BCUT2D eigenvalue weighted by atomic mass is 10.0. The minimum atomic E-state index is -0.554. The molecule has 0 aliphatic carbocycles. The second kappa shape index (κ2) is 6.66. The van der Waals surface area contributed by atoms with Gasteiger partial charge in [-0.15, -0.1) is 11.3 Å². The molecule has 0 bridgehead atoms. The predicted molar refractivity (Wildman–Crippen MR) is 77.1 cm³/mol. The highest BCUT2D eigenvalue weighted by Gasteiger charge is 2.34. The van der Waals surface area contributed by atoms with Crippen molar-refractivity contribution in [3.05, 3.63) is 11.1 Å². The zero-order valence-corrected chi connectivity index (χ0v) is 12.7. The molecule has 0 unspecified atom stereocenters. The number of thiazole rings is 1. The van der Waals surface area contributed by atoms with Gasteiger partial charge in [-0.1, -0.05) is 0 Å². The molecule has 1 atom stereocenters. The third-order valence-corrected chi connectivity index (χ3v) is 4.00. The van der Waals surface area contributed by atoms with Crippen molar-refractivity contribution in [1.82, 2.24) is 9.88 Å². The summed E-state index contributed by atoms with van der Waals surface area (Å²) in [5.41, 5.74) is 0.236. The third kappa shape index (κ3) is 3.57. The number of esters is 1. The smallest absolute Gasteiger partial charge is 0.328 e. The van der Waals surface area contributed by atoms with Crippen LogP contribution in [0.5, 0.6) is 0 Å². The van der Waals surface area contributed by atoms with Gasteiger partial charge in [0, 0.05) is 18.8 Å². The van der Waals surface area contributed by atoms with Crippen LogP contribution < -0.4 is 5.32 Å². The van der Waals surface area contributed by atoms with Crippen molar-refractivity contribution >= 4 is 34.3 Å². The number of aromatic nitrogens is 1. The standard InChI is InChI=1S/C13H17N3O4S/c1-8(17)14-13-15-9(7-21-13)11(18)16-6-4-3-5-10(16)12(19)20-2/h7,10H,3-6H2,1-2H3,(H,14,15,17)/t10-/m1/s1. The number of hydrogen-bond donors (Lipinski definition) is 1. The Balaban J connectivity index is 2.14. The van der Waals surface area contributed by atoms with Crippen molar-refractivity contribution in [2.24, 2.45) is 0 Å².